The van der Waals surface area contributed by atoms with Gasteiger partial charge in [-0.3, -0.25) is 14.4 Å². The van der Waals surface area contributed by atoms with E-state index in [4.69, 9.17) is 13.9 Å². The molecule has 2 heterocycles. The van der Waals surface area contributed by atoms with Crippen molar-refractivity contribution in [2.75, 3.05) is 0 Å². The molecule has 7 nitrogen and oxygen atoms in total. The number of rotatable bonds is 2. The van der Waals surface area contributed by atoms with Crippen molar-refractivity contribution >= 4 is 44.8 Å². The summed E-state index contributed by atoms with van der Waals surface area (Å²) in [5, 5.41) is 1.66. The molecule has 4 rings (SSSR count). The van der Waals surface area contributed by atoms with Crippen LogP contribution in [0.3, 0.4) is 0 Å². The van der Waals surface area contributed by atoms with Crippen LogP contribution in [0, 0.1) is 0 Å². The summed E-state index contributed by atoms with van der Waals surface area (Å²) < 4.78 is 17.6. The van der Waals surface area contributed by atoms with Gasteiger partial charge < -0.3 is 18.5 Å². The fraction of sp³-hybridized carbons (Fsp3) is 0.150. The first-order valence-corrected chi connectivity index (χ1v) is 8.21. The number of carbonyl (C=O) groups is 2. The lowest BCUT2D eigenvalue weighted by atomic mass is 10.1. The van der Waals surface area contributed by atoms with E-state index >= 15 is 0 Å². The van der Waals surface area contributed by atoms with Gasteiger partial charge in [0.25, 0.3) is 5.56 Å². The number of hydrogen-bond donors (Lipinski definition) is 0. The number of fused-ring (bicyclic) bond motifs is 5. The van der Waals surface area contributed by atoms with Crippen LogP contribution in [0.2, 0.25) is 0 Å². The Bertz CT molecular complexity index is 1310. The zero-order chi connectivity index (χ0) is 19.3. The van der Waals surface area contributed by atoms with E-state index < -0.39 is 11.9 Å². The van der Waals surface area contributed by atoms with Crippen LogP contribution in [-0.4, -0.2) is 16.5 Å². The highest BCUT2D eigenvalue weighted by Gasteiger charge is 2.18. The first-order chi connectivity index (χ1) is 12.8. The molecule has 0 atom stereocenters. The predicted octanol–water partition coefficient (Wildman–Crippen LogP) is 3.29. The molecule has 0 aliphatic heterocycles. The van der Waals surface area contributed by atoms with Crippen molar-refractivity contribution in [2.45, 2.75) is 13.8 Å². The van der Waals surface area contributed by atoms with E-state index in [-0.39, 0.29) is 5.56 Å². The summed E-state index contributed by atoms with van der Waals surface area (Å²) in [5.74, 6) is -0.205. The Hall–Kier alpha value is -3.61. The highest BCUT2D eigenvalue weighted by Crippen LogP contribution is 2.34. The number of hydrogen-bond acceptors (Lipinski definition) is 6. The molecule has 0 amide bonds. The lowest BCUT2D eigenvalue weighted by Gasteiger charge is -2.08. The number of aromatic nitrogens is 1. The Kier molecular flexibility index (Phi) is 3.73. The normalized spacial score (nSPS) is 11.2. The fourth-order valence-electron chi connectivity index (χ4n) is 3.20. The van der Waals surface area contributed by atoms with Gasteiger partial charge in [-0.2, -0.15) is 0 Å². The van der Waals surface area contributed by atoms with Crippen LogP contribution >= 0.6 is 0 Å². The summed E-state index contributed by atoms with van der Waals surface area (Å²) in [6, 6.07) is 9.89. The number of carbonyl (C=O) groups excluding carboxylic acids is 2. The van der Waals surface area contributed by atoms with E-state index in [1.807, 2.05) is 0 Å². The second kappa shape index (κ2) is 5.98. The van der Waals surface area contributed by atoms with Crippen LogP contribution < -0.4 is 15.0 Å². The molecule has 4 aromatic rings. The second-order valence-corrected chi connectivity index (χ2v) is 6.19. The van der Waals surface area contributed by atoms with Crippen LogP contribution in [0.4, 0.5) is 0 Å². The molecule has 0 aliphatic carbocycles. The molecule has 136 valence electrons. The number of pyridine rings is 1. The van der Waals surface area contributed by atoms with Gasteiger partial charge in [0.2, 0.25) is 0 Å². The number of benzene rings is 2. The van der Waals surface area contributed by atoms with Gasteiger partial charge in [0, 0.05) is 37.7 Å². The molecule has 2 aromatic heterocycles. The largest absolute Gasteiger partial charge is 0.455 e. The van der Waals surface area contributed by atoms with E-state index in [0.29, 0.717) is 44.3 Å². The Morgan fingerprint density at radius 2 is 1.56 bits per heavy atom. The lowest BCUT2D eigenvalue weighted by molar-refractivity contribution is -0.132. The van der Waals surface area contributed by atoms with Gasteiger partial charge in [-0.25, -0.2) is 0 Å². The summed E-state index contributed by atoms with van der Waals surface area (Å²) in [4.78, 5) is 35.4. The average molecular weight is 365 g/mol. The Morgan fingerprint density at radius 3 is 2.22 bits per heavy atom. The zero-order valence-electron chi connectivity index (χ0n) is 14.9. The molecule has 0 aliphatic rings. The summed E-state index contributed by atoms with van der Waals surface area (Å²) in [6.45, 7) is 2.62. The highest BCUT2D eigenvalue weighted by molar-refractivity contribution is 6.14. The van der Waals surface area contributed by atoms with Gasteiger partial charge in [-0.1, -0.05) is 0 Å². The number of nitrogens with zero attached hydrogens (tertiary/aromatic N) is 1. The minimum atomic E-state index is -0.446. The van der Waals surface area contributed by atoms with Gasteiger partial charge in [0.1, 0.15) is 22.7 Å². The highest BCUT2D eigenvalue weighted by atomic mass is 16.5. The third-order valence-corrected chi connectivity index (χ3v) is 4.28. The third kappa shape index (κ3) is 2.73. The number of aryl methyl sites for hydroxylation is 1. The minimum Gasteiger partial charge on any atom is -0.455 e. The first-order valence-electron chi connectivity index (χ1n) is 8.21. The first kappa shape index (κ1) is 16.8. The third-order valence-electron chi connectivity index (χ3n) is 4.28. The Labute approximate surface area is 152 Å². The molecule has 0 unspecified atom stereocenters. The van der Waals surface area contributed by atoms with Crippen LogP contribution in [-0.2, 0) is 16.6 Å². The van der Waals surface area contributed by atoms with Crippen molar-refractivity contribution in [1.82, 2.24) is 4.57 Å². The zero-order valence-corrected chi connectivity index (χ0v) is 14.9. The number of ether oxygens (including phenoxy) is 2. The standard InChI is InChI=1S/C20H15NO6/c1-10(22)25-12-5-7-17-15(8-12)18-19(27-17)14-6-4-13(26-11(2)23)9-16(14)21(3)20(18)24/h4-9H,1-3H3. The maximum Gasteiger partial charge on any atom is 0.308 e. The summed E-state index contributed by atoms with van der Waals surface area (Å²) in [5.41, 5.74) is 1.24. The van der Waals surface area contributed by atoms with Crippen molar-refractivity contribution in [1.29, 1.82) is 0 Å². The van der Waals surface area contributed by atoms with Crippen LogP contribution in [0.15, 0.2) is 45.6 Å². The molecule has 0 saturated heterocycles. The Balaban J connectivity index is 2.06. The summed E-state index contributed by atoms with van der Waals surface area (Å²) >= 11 is 0. The van der Waals surface area contributed by atoms with Gasteiger partial charge in [0.05, 0.1) is 10.9 Å². The molecule has 0 radical (unpaired) electrons. The molecule has 7 heteroatoms. The molecular formula is C20H15NO6. The van der Waals surface area contributed by atoms with E-state index in [9.17, 15) is 14.4 Å². The van der Waals surface area contributed by atoms with E-state index in [0.717, 1.165) is 0 Å². The molecule has 2 aromatic carbocycles. The van der Waals surface area contributed by atoms with E-state index in [1.165, 1.54) is 18.4 Å². The van der Waals surface area contributed by atoms with Crippen LogP contribution in [0.5, 0.6) is 11.5 Å². The molecule has 0 saturated carbocycles. The van der Waals surface area contributed by atoms with E-state index in [1.54, 1.807) is 43.4 Å². The van der Waals surface area contributed by atoms with Gasteiger partial charge in [-0.05, 0) is 30.3 Å². The quantitative estimate of drug-likeness (QED) is 0.400. The summed E-state index contributed by atoms with van der Waals surface area (Å²) in [7, 11) is 1.64. The van der Waals surface area contributed by atoms with Crippen molar-refractivity contribution in [3.05, 3.63) is 46.8 Å². The maximum atomic E-state index is 13.0. The van der Waals surface area contributed by atoms with Crippen molar-refractivity contribution < 1.29 is 23.5 Å². The number of furan rings is 1. The topological polar surface area (TPSA) is 87.7 Å². The van der Waals surface area contributed by atoms with Gasteiger partial charge in [-0.15, -0.1) is 0 Å². The van der Waals surface area contributed by atoms with Crippen LogP contribution in [0.25, 0.3) is 32.8 Å². The summed E-state index contributed by atoms with van der Waals surface area (Å²) in [6.07, 6.45) is 0. The molecule has 0 bridgehead atoms. The molecule has 0 N–H and O–H groups in total. The predicted molar refractivity (Wildman–Crippen MR) is 99.1 cm³/mol. The molecular weight excluding hydrogens is 350 g/mol. The number of esters is 2. The smallest absolute Gasteiger partial charge is 0.308 e. The van der Waals surface area contributed by atoms with Crippen molar-refractivity contribution in [3.8, 4) is 11.5 Å². The second-order valence-electron chi connectivity index (χ2n) is 6.19. The average Bonchev–Trinajstić information content (AvgIpc) is 2.97. The van der Waals surface area contributed by atoms with Gasteiger partial charge in [0.15, 0.2) is 0 Å². The molecule has 0 fully saturated rings. The SMILES string of the molecule is CC(=O)Oc1ccc2oc3c4ccc(OC(C)=O)cc4n(C)c(=O)c3c2c1. The van der Waals surface area contributed by atoms with Crippen molar-refractivity contribution in [2.24, 2.45) is 7.05 Å². The molecule has 0 spiro atoms. The lowest BCUT2D eigenvalue weighted by Crippen LogP contribution is -2.17. The minimum absolute atomic E-state index is 0.267. The molecule has 27 heavy (non-hydrogen) atoms. The van der Waals surface area contributed by atoms with Crippen LogP contribution in [0.1, 0.15) is 13.8 Å². The maximum absolute atomic E-state index is 13.0. The van der Waals surface area contributed by atoms with Gasteiger partial charge >= 0.3 is 11.9 Å². The fourth-order valence-corrected chi connectivity index (χ4v) is 3.20. The van der Waals surface area contributed by atoms with E-state index in [2.05, 4.69) is 0 Å². The van der Waals surface area contributed by atoms with Crippen molar-refractivity contribution in [3.63, 3.8) is 0 Å². The Morgan fingerprint density at radius 1 is 0.926 bits per heavy atom. The monoisotopic (exact) mass is 365 g/mol.